The van der Waals surface area contributed by atoms with Crippen LogP contribution in [-0.4, -0.2) is 19.8 Å². The van der Waals surface area contributed by atoms with Gasteiger partial charge in [0.05, 0.1) is 0 Å². The number of benzene rings is 1. The zero-order valence-electron chi connectivity index (χ0n) is 10.1. The van der Waals surface area contributed by atoms with Crippen LogP contribution in [0.1, 0.15) is 35.2 Å². The average molecular weight is 274 g/mol. The molecule has 96 valence electrons. The summed E-state index contributed by atoms with van der Waals surface area (Å²) in [4.78, 5) is 0.846. The third-order valence-corrected chi connectivity index (χ3v) is 4.33. The van der Waals surface area contributed by atoms with E-state index in [-0.39, 0.29) is 5.82 Å². The van der Waals surface area contributed by atoms with E-state index in [1.807, 2.05) is 4.52 Å². The molecule has 0 N–H and O–H groups in total. The second-order valence-electron chi connectivity index (χ2n) is 4.83. The van der Waals surface area contributed by atoms with Gasteiger partial charge in [0, 0.05) is 12.3 Å². The number of hydrogen-bond acceptors (Lipinski definition) is 4. The van der Waals surface area contributed by atoms with E-state index in [1.54, 1.807) is 23.5 Å². The molecule has 1 aliphatic rings. The Morgan fingerprint density at radius 1 is 1.21 bits per heavy atom. The van der Waals surface area contributed by atoms with Crippen LogP contribution in [0.3, 0.4) is 0 Å². The van der Waals surface area contributed by atoms with Crippen molar-refractivity contribution in [1.29, 1.82) is 0 Å². The largest absolute Gasteiger partial charge is 0.234 e. The Morgan fingerprint density at radius 2 is 2.00 bits per heavy atom. The molecule has 0 spiro atoms. The van der Waals surface area contributed by atoms with Crippen molar-refractivity contribution in [2.45, 2.75) is 25.2 Å². The van der Waals surface area contributed by atoms with Crippen LogP contribution < -0.4 is 0 Å². The van der Waals surface area contributed by atoms with Crippen molar-refractivity contribution in [1.82, 2.24) is 19.8 Å². The lowest BCUT2D eigenvalue weighted by Gasteiger charge is -1.98. The summed E-state index contributed by atoms with van der Waals surface area (Å²) in [6, 6.07) is 6.46. The van der Waals surface area contributed by atoms with Crippen molar-refractivity contribution in [3.63, 3.8) is 0 Å². The fourth-order valence-electron chi connectivity index (χ4n) is 2.06. The first kappa shape index (κ1) is 11.0. The number of hydrogen-bond donors (Lipinski definition) is 0. The van der Waals surface area contributed by atoms with Crippen LogP contribution in [0.25, 0.3) is 4.96 Å². The van der Waals surface area contributed by atoms with Crippen LogP contribution in [-0.2, 0) is 6.42 Å². The van der Waals surface area contributed by atoms with Crippen molar-refractivity contribution in [3.8, 4) is 0 Å². The molecule has 2 aromatic heterocycles. The lowest BCUT2D eigenvalue weighted by atomic mass is 10.1. The molecule has 0 unspecified atom stereocenters. The highest BCUT2D eigenvalue weighted by Gasteiger charge is 2.28. The highest BCUT2D eigenvalue weighted by molar-refractivity contribution is 7.16. The molecule has 0 radical (unpaired) electrons. The second kappa shape index (κ2) is 4.09. The maximum absolute atomic E-state index is 12.9. The third-order valence-electron chi connectivity index (χ3n) is 3.27. The lowest BCUT2D eigenvalue weighted by Crippen LogP contribution is -1.98. The topological polar surface area (TPSA) is 43.1 Å². The Labute approximate surface area is 112 Å². The van der Waals surface area contributed by atoms with Crippen LogP contribution in [0.5, 0.6) is 0 Å². The van der Waals surface area contributed by atoms with Crippen LogP contribution in [0.2, 0.25) is 0 Å². The Hall–Kier alpha value is -1.82. The molecule has 2 heterocycles. The first-order valence-electron chi connectivity index (χ1n) is 6.25. The van der Waals surface area contributed by atoms with E-state index >= 15 is 0 Å². The molecule has 6 heteroatoms. The minimum Gasteiger partial charge on any atom is -0.207 e. The van der Waals surface area contributed by atoms with Gasteiger partial charge in [-0.3, -0.25) is 0 Å². The van der Waals surface area contributed by atoms with E-state index in [4.69, 9.17) is 0 Å². The van der Waals surface area contributed by atoms with Gasteiger partial charge in [-0.25, -0.2) is 4.39 Å². The molecular formula is C13H11FN4S. The monoisotopic (exact) mass is 274 g/mol. The van der Waals surface area contributed by atoms with Gasteiger partial charge >= 0.3 is 0 Å². The first-order chi connectivity index (χ1) is 9.29. The number of halogens is 1. The van der Waals surface area contributed by atoms with Crippen LogP contribution >= 0.6 is 11.3 Å². The standard InChI is InChI=1S/C13H11FN4S/c14-10-5-1-8(2-6-10)7-11-15-16-13-18(11)17-12(19-13)9-3-4-9/h1-2,5-6,9H,3-4,7H2. The van der Waals surface area contributed by atoms with Gasteiger partial charge in [-0.1, -0.05) is 23.5 Å². The molecular weight excluding hydrogens is 263 g/mol. The maximum Gasteiger partial charge on any atom is 0.234 e. The van der Waals surface area contributed by atoms with Crippen LogP contribution in [0, 0.1) is 5.82 Å². The molecule has 1 aromatic carbocycles. The predicted octanol–water partition coefficient (Wildman–Crippen LogP) is 2.79. The molecule has 3 aromatic rings. The highest BCUT2D eigenvalue weighted by atomic mass is 32.1. The highest BCUT2D eigenvalue weighted by Crippen LogP contribution is 2.41. The Balaban J connectivity index is 1.68. The van der Waals surface area contributed by atoms with Crippen LogP contribution in [0.15, 0.2) is 24.3 Å². The predicted molar refractivity (Wildman–Crippen MR) is 69.8 cm³/mol. The molecule has 0 atom stereocenters. The van der Waals surface area contributed by atoms with E-state index in [1.165, 1.54) is 25.0 Å². The summed E-state index contributed by atoms with van der Waals surface area (Å²) >= 11 is 1.62. The normalized spacial score (nSPS) is 15.2. The number of rotatable bonds is 3. The van der Waals surface area contributed by atoms with Gasteiger partial charge in [-0.15, -0.1) is 10.2 Å². The molecule has 0 bridgehead atoms. The van der Waals surface area contributed by atoms with E-state index in [2.05, 4.69) is 15.3 Å². The lowest BCUT2D eigenvalue weighted by molar-refractivity contribution is 0.627. The zero-order valence-corrected chi connectivity index (χ0v) is 10.9. The van der Waals surface area contributed by atoms with Crippen molar-refractivity contribution >= 4 is 16.3 Å². The van der Waals surface area contributed by atoms with E-state index in [0.717, 1.165) is 21.4 Å². The molecule has 0 aliphatic heterocycles. The summed E-state index contributed by atoms with van der Waals surface area (Å²) in [6.45, 7) is 0. The van der Waals surface area contributed by atoms with Gasteiger partial charge < -0.3 is 0 Å². The molecule has 1 aliphatic carbocycles. The number of fused-ring (bicyclic) bond motifs is 1. The summed E-state index contributed by atoms with van der Waals surface area (Å²) < 4.78 is 14.7. The minimum atomic E-state index is -0.222. The molecule has 4 nitrogen and oxygen atoms in total. The quantitative estimate of drug-likeness (QED) is 0.737. The smallest absolute Gasteiger partial charge is 0.207 e. The zero-order chi connectivity index (χ0) is 12.8. The molecule has 0 amide bonds. The Bertz CT molecular complexity index is 727. The van der Waals surface area contributed by atoms with Gasteiger partial charge in [0.25, 0.3) is 0 Å². The molecule has 1 fully saturated rings. The number of nitrogens with zero attached hydrogens (tertiary/aromatic N) is 4. The van der Waals surface area contributed by atoms with Crippen molar-refractivity contribution in [3.05, 3.63) is 46.5 Å². The summed E-state index contributed by atoms with van der Waals surface area (Å²) in [5.41, 5.74) is 1.01. The fraction of sp³-hybridized carbons (Fsp3) is 0.308. The average Bonchev–Trinajstić information content (AvgIpc) is 3.07. The van der Waals surface area contributed by atoms with Crippen molar-refractivity contribution < 1.29 is 4.39 Å². The van der Waals surface area contributed by atoms with Gasteiger partial charge in [-0.05, 0) is 30.5 Å². The van der Waals surface area contributed by atoms with Gasteiger partial charge in [0.2, 0.25) is 4.96 Å². The number of aromatic nitrogens is 4. The minimum absolute atomic E-state index is 0.222. The second-order valence-corrected chi connectivity index (χ2v) is 5.82. The van der Waals surface area contributed by atoms with Crippen LogP contribution in [0.4, 0.5) is 4.39 Å². The van der Waals surface area contributed by atoms with Gasteiger partial charge in [0.1, 0.15) is 10.8 Å². The maximum atomic E-state index is 12.9. The van der Waals surface area contributed by atoms with E-state index < -0.39 is 0 Å². The fourth-order valence-corrected chi connectivity index (χ4v) is 3.09. The van der Waals surface area contributed by atoms with Gasteiger partial charge in [-0.2, -0.15) is 9.61 Å². The summed E-state index contributed by atoms with van der Waals surface area (Å²) in [5, 5.41) is 14.1. The van der Waals surface area contributed by atoms with E-state index in [9.17, 15) is 4.39 Å². The summed E-state index contributed by atoms with van der Waals surface area (Å²) in [6.07, 6.45) is 3.09. The third kappa shape index (κ3) is 2.02. The molecule has 0 saturated heterocycles. The molecule has 19 heavy (non-hydrogen) atoms. The first-order valence-corrected chi connectivity index (χ1v) is 7.07. The van der Waals surface area contributed by atoms with Crippen molar-refractivity contribution in [2.24, 2.45) is 0 Å². The Morgan fingerprint density at radius 3 is 2.74 bits per heavy atom. The van der Waals surface area contributed by atoms with Crippen molar-refractivity contribution in [2.75, 3.05) is 0 Å². The Kier molecular flexibility index (Phi) is 2.38. The van der Waals surface area contributed by atoms with Gasteiger partial charge in [0.15, 0.2) is 5.82 Å². The summed E-state index contributed by atoms with van der Waals surface area (Å²) in [5.74, 6) is 1.22. The SMILES string of the molecule is Fc1ccc(Cc2nnc3sc(C4CC4)nn23)cc1. The molecule has 1 saturated carbocycles. The summed E-state index contributed by atoms with van der Waals surface area (Å²) in [7, 11) is 0. The van der Waals surface area contributed by atoms with E-state index in [0.29, 0.717) is 12.3 Å². The molecule has 4 rings (SSSR count).